The number of fused-ring (bicyclic) bond motifs is 1. The lowest BCUT2D eigenvalue weighted by Gasteiger charge is -2.27. The van der Waals surface area contributed by atoms with Crippen molar-refractivity contribution in [1.82, 2.24) is 4.90 Å². The molecule has 0 atom stereocenters. The maximum atomic E-state index is 12.5. The molecule has 0 bridgehead atoms. The first-order valence-corrected chi connectivity index (χ1v) is 7.80. The highest BCUT2D eigenvalue weighted by atomic mass is 16.2. The number of hydrogen-bond donors (Lipinski definition) is 1. The number of amides is 1. The first-order chi connectivity index (χ1) is 9.66. The monoisotopic (exact) mass is 272 g/mol. The zero-order chi connectivity index (χ0) is 14.0. The van der Waals surface area contributed by atoms with Crippen molar-refractivity contribution in [3.05, 3.63) is 35.4 Å². The average molecular weight is 272 g/mol. The molecule has 0 spiro atoms. The zero-order valence-electron chi connectivity index (χ0n) is 12.1. The van der Waals surface area contributed by atoms with Gasteiger partial charge in [0.15, 0.2) is 0 Å². The molecule has 3 heteroatoms. The molecular formula is C17H24N2O. The van der Waals surface area contributed by atoms with Crippen LogP contribution in [0.3, 0.4) is 0 Å². The van der Waals surface area contributed by atoms with E-state index in [0.29, 0.717) is 6.42 Å². The van der Waals surface area contributed by atoms with E-state index in [9.17, 15) is 4.79 Å². The van der Waals surface area contributed by atoms with Gasteiger partial charge < -0.3 is 10.6 Å². The maximum absolute atomic E-state index is 12.5. The number of nitrogens with two attached hydrogens (primary N) is 1. The van der Waals surface area contributed by atoms with Gasteiger partial charge in [0.1, 0.15) is 0 Å². The van der Waals surface area contributed by atoms with Gasteiger partial charge in [-0.1, -0.05) is 37.1 Å². The molecule has 3 rings (SSSR count). The molecule has 3 nitrogen and oxygen atoms in total. The van der Waals surface area contributed by atoms with Gasteiger partial charge >= 0.3 is 0 Å². The molecule has 2 aliphatic rings. The van der Waals surface area contributed by atoms with Gasteiger partial charge in [-0.2, -0.15) is 0 Å². The Kier molecular flexibility index (Phi) is 3.79. The van der Waals surface area contributed by atoms with E-state index in [1.807, 2.05) is 4.90 Å². The molecule has 0 aromatic heterocycles. The Balaban J connectivity index is 1.63. The van der Waals surface area contributed by atoms with Crippen LogP contribution in [0, 0.1) is 0 Å². The van der Waals surface area contributed by atoms with Crippen molar-refractivity contribution in [2.45, 2.75) is 50.5 Å². The Morgan fingerprint density at radius 2 is 1.65 bits per heavy atom. The molecule has 1 amide bonds. The number of benzene rings is 1. The molecule has 1 aliphatic heterocycles. The molecule has 1 aromatic rings. The predicted molar refractivity (Wildman–Crippen MR) is 80.4 cm³/mol. The summed E-state index contributed by atoms with van der Waals surface area (Å²) in [6.45, 7) is 1.68. The minimum Gasteiger partial charge on any atom is -0.342 e. The van der Waals surface area contributed by atoms with E-state index in [1.54, 1.807) is 0 Å². The minimum absolute atomic E-state index is 0.226. The van der Waals surface area contributed by atoms with Crippen molar-refractivity contribution < 1.29 is 4.79 Å². The molecule has 0 saturated heterocycles. The zero-order valence-corrected chi connectivity index (χ0v) is 12.1. The van der Waals surface area contributed by atoms with E-state index in [-0.39, 0.29) is 11.4 Å². The van der Waals surface area contributed by atoms with Crippen molar-refractivity contribution >= 4 is 5.91 Å². The lowest BCUT2D eigenvalue weighted by atomic mass is 9.94. The Morgan fingerprint density at radius 1 is 1.10 bits per heavy atom. The molecule has 20 heavy (non-hydrogen) atoms. The minimum atomic E-state index is -0.226. The van der Waals surface area contributed by atoms with E-state index in [1.165, 1.54) is 24.0 Å². The third-order valence-corrected chi connectivity index (χ3v) is 4.88. The van der Waals surface area contributed by atoms with Crippen LogP contribution >= 0.6 is 0 Å². The molecule has 1 aromatic carbocycles. The fraction of sp³-hybridized carbons (Fsp3) is 0.588. The Hall–Kier alpha value is -1.35. The summed E-state index contributed by atoms with van der Waals surface area (Å²) >= 11 is 0. The van der Waals surface area contributed by atoms with Gasteiger partial charge in [0.05, 0.1) is 0 Å². The molecule has 1 heterocycles. The lowest BCUT2D eigenvalue weighted by Crippen LogP contribution is -2.44. The van der Waals surface area contributed by atoms with Gasteiger partial charge in [-0.05, 0) is 36.8 Å². The van der Waals surface area contributed by atoms with Crippen LogP contribution in [0.25, 0.3) is 0 Å². The van der Waals surface area contributed by atoms with Gasteiger partial charge in [0.25, 0.3) is 0 Å². The van der Waals surface area contributed by atoms with Crippen LogP contribution in [-0.2, 0) is 17.6 Å². The van der Waals surface area contributed by atoms with Crippen molar-refractivity contribution in [3.8, 4) is 0 Å². The fourth-order valence-electron chi connectivity index (χ4n) is 3.59. The molecular weight excluding hydrogens is 248 g/mol. The van der Waals surface area contributed by atoms with Crippen LogP contribution in [0.4, 0.5) is 0 Å². The molecule has 108 valence electrons. The van der Waals surface area contributed by atoms with Gasteiger partial charge in [-0.15, -0.1) is 0 Å². The molecule has 0 unspecified atom stereocenters. The average Bonchev–Trinajstić information content (AvgIpc) is 2.75. The highest BCUT2D eigenvalue weighted by molar-refractivity contribution is 5.77. The number of rotatable bonds is 2. The van der Waals surface area contributed by atoms with Gasteiger partial charge in [0.2, 0.25) is 5.91 Å². The second kappa shape index (κ2) is 5.57. The van der Waals surface area contributed by atoms with E-state index in [4.69, 9.17) is 5.73 Å². The quantitative estimate of drug-likeness (QED) is 0.897. The summed E-state index contributed by atoms with van der Waals surface area (Å²) in [5.74, 6) is 0.252. The lowest BCUT2D eigenvalue weighted by molar-refractivity contribution is -0.132. The number of nitrogens with zero attached hydrogens (tertiary/aromatic N) is 1. The van der Waals surface area contributed by atoms with Crippen LogP contribution in [0.2, 0.25) is 0 Å². The summed E-state index contributed by atoms with van der Waals surface area (Å²) < 4.78 is 0. The summed E-state index contributed by atoms with van der Waals surface area (Å²) in [7, 11) is 0. The number of carbonyl (C=O) groups excluding carboxylic acids is 1. The Morgan fingerprint density at radius 3 is 2.20 bits per heavy atom. The SMILES string of the molecule is NC1(CC(=O)N2CCc3ccccc3CC2)CCCC1. The molecule has 1 aliphatic carbocycles. The number of hydrogen-bond acceptors (Lipinski definition) is 2. The highest BCUT2D eigenvalue weighted by Crippen LogP contribution is 2.30. The van der Waals surface area contributed by atoms with E-state index in [2.05, 4.69) is 24.3 Å². The van der Waals surface area contributed by atoms with Crippen LogP contribution < -0.4 is 5.73 Å². The van der Waals surface area contributed by atoms with Crippen molar-refractivity contribution in [1.29, 1.82) is 0 Å². The second-order valence-electron chi connectivity index (χ2n) is 6.40. The summed E-state index contributed by atoms with van der Waals surface area (Å²) in [5, 5.41) is 0. The summed E-state index contributed by atoms with van der Waals surface area (Å²) in [6.07, 6.45) is 6.84. The smallest absolute Gasteiger partial charge is 0.224 e. The van der Waals surface area contributed by atoms with Crippen LogP contribution in [-0.4, -0.2) is 29.4 Å². The van der Waals surface area contributed by atoms with Gasteiger partial charge in [0, 0.05) is 25.0 Å². The summed E-state index contributed by atoms with van der Waals surface area (Å²) in [6, 6.07) is 8.54. The second-order valence-corrected chi connectivity index (χ2v) is 6.40. The first-order valence-electron chi connectivity index (χ1n) is 7.80. The van der Waals surface area contributed by atoms with Crippen LogP contribution in [0.1, 0.15) is 43.2 Å². The largest absolute Gasteiger partial charge is 0.342 e. The van der Waals surface area contributed by atoms with Crippen molar-refractivity contribution in [2.75, 3.05) is 13.1 Å². The third kappa shape index (κ3) is 2.88. The maximum Gasteiger partial charge on any atom is 0.224 e. The van der Waals surface area contributed by atoms with E-state index >= 15 is 0 Å². The normalized spacial score (nSPS) is 21.4. The van der Waals surface area contributed by atoms with Crippen molar-refractivity contribution in [2.24, 2.45) is 5.73 Å². The highest BCUT2D eigenvalue weighted by Gasteiger charge is 2.33. The van der Waals surface area contributed by atoms with Crippen LogP contribution in [0.15, 0.2) is 24.3 Å². The standard InChI is InChI=1S/C17H24N2O/c18-17(9-3-4-10-17)13-16(20)19-11-7-14-5-1-2-6-15(14)8-12-19/h1-2,5-6H,3-4,7-13,18H2. The summed E-state index contributed by atoms with van der Waals surface area (Å²) in [4.78, 5) is 14.5. The first kappa shape index (κ1) is 13.6. The predicted octanol–water partition coefficient (Wildman–Crippen LogP) is 2.28. The van der Waals surface area contributed by atoms with Crippen LogP contribution in [0.5, 0.6) is 0 Å². The van der Waals surface area contributed by atoms with Crippen molar-refractivity contribution in [3.63, 3.8) is 0 Å². The van der Waals surface area contributed by atoms with Gasteiger partial charge in [-0.25, -0.2) is 0 Å². The summed E-state index contributed by atoms with van der Waals surface area (Å²) in [5.41, 5.74) is 8.91. The fourth-order valence-corrected chi connectivity index (χ4v) is 3.59. The molecule has 1 fully saturated rings. The topological polar surface area (TPSA) is 46.3 Å². The van der Waals surface area contributed by atoms with E-state index in [0.717, 1.165) is 38.8 Å². The van der Waals surface area contributed by atoms with E-state index < -0.39 is 0 Å². The Bertz CT molecular complexity index is 465. The Labute approximate surface area is 121 Å². The third-order valence-electron chi connectivity index (χ3n) is 4.88. The molecule has 1 saturated carbocycles. The number of carbonyl (C=O) groups is 1. The van der Waals surface area contributed by atoms with Gasteiger partial charge in [-0.3, -0.25) is 4.79 Å². The molecule has 0 radical (unpaired) electrons. The molecule has 2 N–H and O–H groups in total.